The summed E-state index contributed by atoms with van der Waals surface area (Å²) >= 11 is 8.76. The number of amides is 3. The second-order valence-electron chi connectivity index (χ2n) is 7.05. The van der Waals surface area contributed by atoms with Gasteiger partial charge in [-0.25, -0.2) is 4.98 Å². The highest BCUT2D eigenvalue weighted by Gasteiger charge is 2.29. The average molecular weight is 472 g/mol. The van der Waals surface area contributed by atoms with Gasteiger partial charge >= 0.3 is 0 Å². The van der Waals surface area contributed by atoms with Gasteiger partial charge in [-0.05, 0) is 35.7 Å². The molecule has 3 aromatic rings. The fourth-order valence-electron chi connectivity index (χ4n) is 3.18. The van der Waals surface area contributed by atoms with E-state index in [-0.39, 0.29) is 29.4 Å². The minimum absolute atomic E-state index is 0.157. The molecule has 0 radical (unpaired) electrons. The maximum Gasteiger partial charge on any atom is 0.289 e. The Labute approximate surface area is 192 Å². The van der Waals surface area contributed by atoms with Crippen molar-refractivity contribution in [1.82, 2.24) is 9.88 Å². The third-order valence-electron chi connectivity index (χ3n) is 4.78. The van der Waals surface area contributed by atoms with Gasteiger partial charge in [0.25, 0.3) is 11.1 Å². The molecule has 3 amide bonds. The summed E-state index contributed by atoms with van der Waals surface area (Å²) in [4.78, 5) is 42.8. The maximum atomic E-state index is 12.7. The van der Waals surface area contributed by atoms with Gasteiger partial charge in [-0.2, -0.15) is 0 Å². The molecule has 1 aliphatic rings. The molecule has 0 bridgehead atoms. The van der Waals surface area contributed by atoms with Gasteiger partial charge < -0.3 is 0 Å². The van der Waals surface area contributed by atoms with Crippen molar-refractivity contribution in [3.63, 3.8) is 0 Å². The lowest BCUT2D eigenvalue weighted by Crippen LogP contribution is -2.28. The summed E-state index contributed by atoms with van der Waals surface area (Å²) in [7, 11) is 0. The molecule has 0 aliphatic carbocycles. The molecule has 1 N–H and O–H groups in total. The van der Waals surface area contributed by atoms with E-state index in [0.717, 1.165) is 32.8 Å². The SMILES string of the molecule is Cc1cccc(Cc2cnc(NC(=O)c3cccc(CN4C(=O)CSC4=O)c3)s2)c1Cl. The van der Waals surface area contributed by atoms with E-state index in [1.54, 1.807) is 30.5 Å². The Hall–Kier alpha value is -2.68. The highest BCUT2D eigenvalue weighted by Crippen LogP contribution is 2.27. The highest BCUT2D eigenvalue weighted by atomic mass is 35.5. The van der Waals surface area contributed by atoms with Crippen LogP contribution in [-0.2, 0) is 17.8 Å². The minimum Gasteiger partial charge on any atom is -0.298 e. The number of thiazole rings is 1. The smallest absolute Gasteiger partial charge is 0.289 e. The number of aromatic nitrogens is 1. The molecule has 31 heavy (non-hydrogen) atoms. The molecule has 4 rings (SSSR count). The molecule has 9 heteroatoms. The van der Waals surface area contributed by atoms with E-state index < -0.39 is 0 Å². The summed E-state index contributed by atoms with van der Waals surface area (Å²) in [6, 6.07) is 12.8. The molecule has 2 heterocycles. The molecule has 1 aromatic heterocycles. The molecule has 1 fully saturated rings. The van der Waals surface area contributed by atoms with E-state index in [1.807, 2.05) is 25.1 Å². The Bertz CT molecular complexity index is 1160. The van der Waals surface area contributed by atoms with Crippen molar-refractivity contribution in [3.05, 3.63) is 80.8 Å². The average Bonchev–Trinajstić information content (AvgIpc) is 3.32. The quantitative estimate of drug-likeness (QED) is 0.538. The van der Waals surface area contributed by atoms with Crippen LogP contribution in [0.4, 0.5) is 9.93 Å². The normalized spacial score (nSPS) is 13.7. The number of nitrogens with one attached hydrogen (secondary N) is 1. The van der Waals surface area contributed by atoms with Crippen LogP contribution in [0.15, 0.2) is 48.7 Å². The van der Waals surface area contributed by atoms with Gasteiger partial charge in [-0.15, -0.1) is 11.3 Å². The zero-order valence-electron chi connectivity index (χ0n) is 16.6. The minimum atomic E-state index is -0.301. The van der Waals surface area contributed by atoms with Crippen molar-refractivity contribution >= 4 is 56.9 Å². The van der Waals surface area contributed by atoms with E-state index in [2.05, 4.69) is 10.3 Å². The largest absolute Gasteiger partial charge is 0.298 e. The first-order valence-electron chi connectivity index (χ1n) is 9.47. The molecule has 2 aromatic carbocycles. The Kier molecular flexibility index (Phi) is 6.41. The topological polar surface area (TPSA) is 79.4 Å². The van der Waals surface area contributed by atoms with Gasteiger partial charge in [0.1, 0.15) is 0 Å². The summed E-state index contributed by atoms with van der Waals surface area (Å²) in [5, 5.41) is 3.79. The predicted molar refractivity (Wildman–Crippen MR) is 124 cm³/mol. The van der Waals surface area contributed by atoms with E-state index >= 15 is 0 Å². The first-order chi connectivity index (χ1) is 14.9. The lowest BCUT2D eigenvalue weighted by molar-refractivity contribution is -0.125. The monoisotopic (exact) mass is 471 g/mol. The van der Waals surface area contributed by atoms with Crippen LogP contribution in [-0.4, -0.2) is 32.7 Å². The molecule has 1 saturated heterocycles. The zero-order valence-corrected chi connectivity index (χ0v) is 18.9. The standard InChI is InChI=1S/C22H18ClN3O3S2/c1-13-4-2-6-15(19(13)23)9-17-10-24-21(31-17)25-20(28)16-7-3-5-14(8-16)11-26-18(27)12-30-22(26)29/h2-8,10H,9,11-12H2,1H3,(H,24,25,28). The zero-order chi connectivity index (χ0) is 22.0. The number of benzene rings is 2. The van der Waals surface area contributed by atoms with Crippen LogP contribution in [0.1, 0.15) is 31.9 Å². The summed E-state index contributed by atoms with van der Waals surface area (Å²) in [6.07, 6.45) is 2.37. The fourth-order valence-corrected chi connectivity index (χ4v) is 4.92. The molecular weight excluding hydrogens is 454 g/mol. The van der Waals surface area contributed by atoms with Crippen molar-refractivity contribution in [1.29, 1.82) is 0 Å². The summed E-state index contributed by atoms with van der Waals surface area (Å²) in [5.74, 6) is -0.349. The van der Waals surface area contributed by atoms with E-state index in [1.165, 1.54) is 16.2 Å². The third-order valence-corrected chi connectivity index (χ3v) is 7.09. The van der Waals surface area contributed by atoms with Crippen molar-refractivity contribution in [3.8, 4) is 0 Å². The molecule has 158 valence electrons. The Morgan fingerprint density at radius 1 is 1.23 bits per heavy atom. The first kappa shape index (κ1) is 21.5. The van der Waals surface area contributed by atoms with Gasteiger partial charge in [-0.3, -0.25) is 24.6 Å². The summed E-state index contributed by atoms with van der Waals surface area (Å²) < 4.78 is 0. The van der Waals surface area contributed by atoms with E-state index in [9.17, 15) is 14.4 Å². The second kappa shape index (κ2) is 9.21. The lowest BCUT2D eigenvalue weighted by Gasteiger charge is -2.13. The molecule has 6 nitrogen and oxygen atoms in total. The molecule has 0 atom stereocenters. The van der Waals surface area contributed by atoms with Gasteiger partial charge in [0.2, 0.25) is 5.91 Å². The molecule has 0 spiro atoms. The number of imide groups is 1. The van der Waals surface area contributed by atoms with Crippen LogP contribution in [0.3, 0.4) is 0 Å². The predicted octanol–water partition coefficient (Wildman–Crippen LogP) is 5.14. The van der Waals surface area contributed by atoms with Crippen LogP contribution < -0.4 is 5.32 Å². The molecule has 0 saturated carbocycles. The number of nitrogens with zero attached hydrogens (tertiary/aromatic N) is 2. The van der Waals surface area contributed by atoms with Gasteiger partial charge in [0, 0.05) is 28.1 Å². The molecular formula is C22H18ClN3O3S2. The maximum absolute atomic E-state index is 12.7. The van der Waals surface area contributed by atoms with Crippen LogP contribution in [0.2, 0.25) is 5.02 Å². The van der Waals surface area contributed by atoms with Crippen molar-refractivity contribution in [2.75, 3.05) is 11.1 Å². The van der Waals surface area contributed by atoms with Gasteiger partial charge in [0.15, 0.2) is 5.13 Å². The molecule has 1 aliphatic heterocycles. The van der Waals surface area contributed by atoms with Crippen LogP contribution in [0, 0.1) is 6.92 Å². The number of aryl methyl sites for hydroxylation is 1. The number of anilines is 1. The van der Waals surface area contributed by atoms with E-state index in [0.29, 0.717) is 22.7 Å². The van der Waals surface area contributed by atoms with Crippen molar-refractivity contribution in [2.24, 2.45) is 0 Å². The number of carbonyl (C=O) groups is 3. The Balaban J connectivity index is 1.42. The van der Waals surface area contributed by atoms with Gasteiger partial charge in [-0.1, -0.05) is 53.7 Å². The lowest BCUT2D eigenvalue weighted by atomic mass is 10.1. The fraction of sp³-hybridized carbons (Fsp3) is 0.182. The summed E-state index contributed by atoms with van der Waals surface area (Å²) in [6.45, 7) is 2.12. The number of rotatable bonds is 6. The number of hydrogen-bond donors (Lipinski definition) is 1. The second-order valence-corrected chi connectivity index (χ2v) is 9.47. The first-order valence-corrected chi connectivity index (χ1v) is 11.6. The number of hydrogen-bond acceptors (Lipinski definition) is 6. The van der Waals surface area contributed by atoms with Crippen LogP contribution >= 0.6 is 34.7 Å². The summed E-state index contributed by atoms with van der Waals surface area (Å²) in [5.41, 5.74) is 3.18. The highest BCUT2D eigenvalue weighted by molar-refractivity contribution is 8.14. The molecule has 0 unspecified atom stereocenters. The van der Waals surface area contributed by atoms with Crippen LogP contribution in [0.25, 0.3) is 0 Å². The number of halogens is 1. The van der Waals surface area contributed by atoms with Gasteiger partial charge in [0.05, 0.1) is 12.3 Å². The van der Waals surface area contributed by atoms with Crippen molar-refractivity contribution < 1.29 is 14.4 Å². The number of thioether (sulfide) groups is 1. The third kappa shape index (κ3) is 4.98. The Morgan fingerprint density at radius 2 is 2.03 bits per heavy atom. The van der Waals surface area contributed by atoms with Crippen molar-refractivity contribution in [2.45, 2.75) is 19.9 Å². The number of carbonyl (C=O) groups excluding carboxylic acids is 3. The van der Waals surface area contributed by atoms with Crippen LogP contribution in [0.5, 0.6) is 0 Å². The van der Waals surface area contributed by atoms with E-state index in [4.69, 9.17) is 11.6 Å². The Morgan fingerprint density at radius 3 is 2.81 bits per heavy atom.